The van der Waals surface area contributed by atoms with Gasteiger partial charge < -0.3 is 4.98 Å². The van der Waals surface area contributed by atoms with Crippen molar-refractivity contribution in [2.75, 3.05) is 13.1 Å². The first kappa shape index (κ1) is 7.87. The van der Waals surface area contributed by atoms with Crippen molar-refractivity contribution < 1.29 is 0 Å². The Morgan fingerprint density at radius 1 is 1.25 bits per heavy atom. The van der Waals surface area contributed by atoms with Crippen LogP contribution in [0.4, 0.5) is 0 Å². The van der Waals surface area contributed by atoms with Crippen LogP contribution in [0.3, 0.4) is 0 Å². The maximum Gasteiger partial charge on any atom is 0.0712 e. The highest BCUT2D eigenvalue weighted by Crippen LogP contribution is 2.12. The fraction of sp³-hybridized carbons (Fsp3) is 0.500. The van der Waals surface area contributed by atoms with Crippen molar-refractivity contribution >= 4 is 0 Å². The van der Waals surface area contributed by atoms with Crippen molar-refractivity contribution in [2.24, 2.45) is 0 Å². The van der Waals surface area contributed by atoms with Crippen LogP contribution in [0.15, 0.2) is 18.3 Å². The molecule has 0 spiro atoms. The van der Waals surface area contributed by atoms with Crippen LogP contribution < -0.4 is 0 Å². The summed E-state index contributed by atoms with van der Waals surface area (Å²) in [6, 6.07) is 4.14. The second-order valence-corrected chi connectivity index (χ2v) is 3.35. The second-order valence-electron chi connectivity index (χ2n) is 3.35. The smallest absolute Gasteiger partial charge is 0.0712 e. The fourth-order valence-electron chi connectivity index (χ4n) is 1.67. The molecule has 0 aliphatic carbocycles. The summed E-state index contributed by atoms with van der Waals surface area (Å²) in [6.07, 6.45) is 6.05. The van der Waals surface area contributed by atoms with E-state index >= 15 is 0 Å². The minimum absolute atomic E-state index is 1.22. The van der Waals surface area contributed by atoms with Gasteiger partial charge in [-0.2, -0.15) is 0 Å². The molecule has 0 aromatic carbocycles. The van der Waals surface area contributed by atoms with Crippen LogP contribution in [-0.2, 0) is 0 Å². The monoisotopic (exact) mass is 163 g/mol. The second kappa shape index (κ2) is 3.76. The van der Waals surface area contributed by atoms with E-state index < -0.39 is 0 Å². The lowest BCUT2D eigenvalue weighted by Crippen LogP contribution is -2.27. The van der Waals surface area contributed by atoms with Gasteiger partial charge in [-0.25, -0.2) is 0 Å². The maximum absolute atomic E-state index is 3.19. The number of likely N-dealkylation sites (tertiary alicyclic amines) is 1. The Kier molecular flexibility index (Phi) is 2.47. The number of hydrogen-bond donors (Lipinski definition) is 1. The molecule has 1 radical (unpaired) electrons. The highest BCUT2D eigenvalue weighted by Gasteiger charge is 2.10. The van der Waals surface area contributed by atoms with Gasteiger partial charge in [0.2, 0.25) is 0 Å². The first-order valence-electron chi connectivity index (χ1n) is 4.67. The van der Waals surface area contributed by atoms with Crippen LogP contribution in [0.25, 0.3) is 0 Å². The van der Waals surface area contributed by atoms with E-state index in [4.69, 9.17) is 0 Å². The number of nitrogens with one attached hydrogen (secondary N) is 1. The number of aromatic amines is 1. The van der Waals surface area contributed by atoms with Gasteiger partial charge in [0.1, 0.15) is 0 Å². The molecule has 0 amide bonds. The Balaban J connectivity index is 1.86. The highest BCUT2D eigenvalue weighted by molar-refractivity contribution is 5.12. The van der Waals surface area contributed by atoms with E-state index in [1.165, 1.54) is 38.0 Å². The standard InChI is InChI=1S/C10H15N2/c1-2-7-12(8-3-1)9-10-5-4-6-11-10/h4-6,9,11H,1-3,7-8H2. The molecule has 12 heavy (non-hydrogen) atoms. The highest BCUT2D eigenvalue weighted by atomic mass is 15.1. The van der Waals surface area contributed by atoms with Crippen LogP contribution in [0.2, 0.25) is 0 Å². The van der Waals surface area contributed by atoms with E-state index in [0.29, 0.717) is 0 Å². The van der Waals surface area contributed by atoms with Gasteiger partial charge in [0.25, 0.3) is 0 Å². The first-order valence-corrected chi connectivity index (χ1v) is 4.67. The molecule has 1 fully saturated rings. The van der Waals surface area contributed by atoms with Crippen molar-refractivity contribution in [2.45, 2.75) is 19.3 Å². The molecule has 65 valence electrons. The number of nitrogens with zero attached hydrogens (tertiary/aromatic N) is 1. The largest absolute Gasteiger partial charge is 0.364 e. The molecule has 2 rings (SSSR count). The Bertz CT molecular complexity index is 210. The minimum Gasteiger partial charge on any atom is -0.364 e. The van der Waals surface area contributed by atoms with Crippen LogP contribution in [0.1, 0.15) is 25.0 Å². The van der Waals surface area contributed by atoms with E-state index in [9.17, 15) is 0 Å². The number of hydrogen-bond acceptors (Lipinski definition) is 1. The fourth-order valence-corrected chi connectivity index (χ4v) is 1.67. The first-order chi connectivity index (χ1) is 5.95. The molecule has 1 saturated heterocycles. The lowest BCUT2D eigenvalue weighted by molar-refractivity contribution is 0.284. The zero-order valence-corrected chi connectivity index (χ0v) is 7.29. The van der Waals surface area contributed by atoms with Crippen molar-refractivity contribution in [3.63, 3.8) is 0 Å². The molecule has 1 aromatic rings. The lowest BCUT2D eigenvalue weighted by atomic mass is 10.1. The summed E-state index contributed by atoms with van der Waals surface area (Å²) >= 11 is 0. The van der Waals surface area contributed by atoms with Gasteiger partial charge in [0.15, 0.2) is 0 Å². The van der Waals surface area contributed by atoms with Gasteiger partial charge in [-0.05, 0) is 38.1 Å². The molecule has 2 heterocycles. The molecule has 2 heteroatoms. The van der Waals surface area contributed by atoms with Crippen molar-refractivity contribution in [1.29, 1.82) is 0 Å². The number of rotatable bonds is 2. The summed E-state index contributed by atoms with van der Waals surface area (Å²) in [7, 11) is 0. The molecule has 0 bridgehead atoms. The molecule has 0 atom stereocenters. The molecular formula is C10H15N2. The van der Waals surface area contributed by atoms with Crippen molar-refractivity contribution in [1.82, 2.24) is 9.88 Å². The summed E-state index contributed by atoms with van der Waals surface area (Å²) in [5.41, 5.74) is 1.22. The lowest BCUT2D eigenvalue weighted by Gasteiger charge is -2.25. The Hall–Kier alpha value is -0.760. The predicted molar refractivity (Wildman–Crippen MR) is 49.6 cm³/mol. The normalized spacial score (nSPS) is 19.7. The minimum atomic E-state index is 1.22. The average Bonchev–Trinajstić information content (AvgIpc) is 2.59. The third-order valence-electron chi connectivity index (χ3n) is 2.33. The number of H-pyrrole nitrogens is 1. The van der Waals surface area contributed by atoms with Crippen LogP contribution in [0.5, 0.6) is 0 Å². The zero-order valence-electron chi connectivity index (χ0n) is 7.29. The molecule has 1 aliphatic rings. The van der Waals surface area contributed by atoms with E-state index in [2.05, 4.69) is 22.5 Å². The third-order valence-corrected chi connectivity index (χ3v) is 2.33. The van der Waals surface area contributed by atoms with Gasteiger partial charge >= 0.3 is 0 Å². The van der Waals surface area contributed by atoms with E-state index in [-0.39, 0.29) is 0 Å². The van der Waals surface area contributed by atoms with Crippen molar-refractivity contribution in [3.8, 4) is 0 Å². The van der Waals surface area contributed by atoms with Gasteiger partial charge in [-0.3, -0.25) is 4.90 Å². The molecular weight excluding hydrogens is 148 g/mol. The molecule has 1 N–H and O–H groups in total. The van der Waals surface area contributed by atoms with Crippen LogP contribution in [0, 0.1) is 6.54 Å². The van der Waals surface area contributed by atoms with Crippen LogP contribution >= 0.6 is 0 Å². The topological polar surface area (TPSA) is 19.0 Å². The Morgan fingerprint density at radius 3 is 2.75 bits per heavy atom. The Labute approximate surface area is 73.6 Å². The average molecular weight is 163 g/mol. The third kappa shape index (κ3) is 1.89. The van der Waals surface area contributed by atoms with Crippen LogP contribution in [-0.4, -0.2) is 23.0 Å². The van der Waals surface area contributed by atoms with Gasteiger partial charge in [0.05, 0.1) is 6.54 Å². The summed E-state index contributed by atoms with van der Waals surface area (Å²) in [6.45, 7) is 4.66. The SMILES string of the molecule is [CH](c1ccc[nH]1)N1CCCCC1. The number of aromatic nitrogens is 1. The molecule has 2 nitrogen and oxygen atoms in total. The summed E-state index contributed by atoms with van der Waals surface area (Å²) in [5.74, 6) is 0. The van der Waals surface area contributed by atoms with Gasteiger partial charge in [-0.15, -0.1) is 0 Å². The maximum atomic E-state index is 3.19. The van der Waals surface area contributed by atoms with E-state index in [1.807, 2.05) is 12.3 Å². The molecule has 1 aliphatic heterocycles. The summed E-state index contributed by atoms with van der Waals surface area (Å²) in [4.78, 5) is 5.59. The van der Waals surface area contributed by atoms with E-state index in [1.54, 1.807) is 0 Å². The Morgan fingerprint density at radius 2 is 2.08 bits per heavy atom. The molecule has 0 unspecified atom stereocenters. The molecule has 0 saturated carbocycles. The summed E-state index contributed by atoms with van der Waals surface area (Å²) < 4.78 is 0. The quantitative estimate of drug-likeness (QED) is 0.706. The van der Waals surface area contributed by atoms with Crippen molar-refractivity contribution in [3.05, 3.63) is 30.6 Å². The van der Waals surface area contributed by atoms with Gasteiger partial charge in [0, 0.05) is 11.9 Å². The van der Waals surface area contributed by atoms with Gasteiger partial charge in [-0.1, -0.05) is 6.42 Å². The zero-order chi connectivity index (χ0) is 8.23. The predicted octanol–water partition coefficient (Wildman–Crippen LogP) is 2.01. The van der Waals surface area contributed by atoms with E-state index in [0.717, 1.165) is 0 Å². The molecule has 1 aromatic heterocycles. The summed E-state index contributed by atoms with van der Waals surface area (Å²) in [5, 5.41) is 0. The number of piperidine rings is 1.